The maximum Gasteiger partial charge on any atom is 0.334 e. The van der Waals surface area contributed by atoms with Crippen LogP contribution in [0.3, 0.4) is 0 Å². The first kappa shape index (κ1) is 17.2. The van der Waals surface area contributed by atoms with Crippen LogP contribution in [0, 0.1) is 17.3 Å². The number of carbonyl (C=O) groups excluding carboxylic acids is 2. The number of esters is 2. The zero-order valence-electron chi connectivity index (χ0n) is 15.3. The Bertz CT molecular complexity index is 630. The van der Waals surface area contributed by atoms with Crippen LogP contribution in [-0.2, 0) is 19.1 Å². The minimum absolute atomic E-state index is 0.0212. The molecular formula is C20H28O4. The molecule has 0 aromatic carbocycles. The van der Waals surface area contributed by atoms with Crippen LogP contribution in [0.5, 0.6) is 0 Å². The van der Waals surface area contributed by atoms with Gasteiger partial charge in [0.2, 0.25) is 0 Å². The highest BCUT2D eigenvalue weighted by atomic mass is 16.6. The van der Waals surface area contributed by atoms with E-state index >= 15 is 0 Å². The van der Waals surface area contributed by atoms with Gasteiger partial charge in [0.1, 0.15) is 12.2 Å². The van der Waals surface area contributed by atoms with Gasteiger partial charge in [0.25, 0.3) is 0 Å². The van der Waals surface area contributed by atoms with E-state index in [0.29, 0.717) is 11.5 Å². The van der Waals surface area contributed by atoms with Crippen molar-refractivity contribution in [3.8, 4) is 0 Å². The standard InChI is InChI=1S/C20H28O4/c1-6-11(2)18(21)23-16-8-7-14-9-17-15(12(3)19(22)24-17)10-20(14,5)13(16)4/h6,13-14,16-17H,7-10H2,1-5H3/b11-6-/t13-,14+,16+,17+,20+/m0/s1. The molecule has 0 unspecified atom stereocenters. The third-order valence-electron chi connectivity index (χ3n) is 6.84. The molecule has 3 rings (SSSR count). The zero-order valence-corrected chi connectivity index (χ0v) is 15.3. The largest absolute Gasteiger partial charge is 0.459 e. The maximum atomic E-state index is 12.2. The average molecular weight is 332 g/mol. The Balaban J connectivity index is 1.81. The Morgan fingerprint density at radius 3 is 2.75 bits per heavy atom. The minimum Gasteiger partial charge on any atom is -0.459 e. The van der Waals surface area contributed by atoms with Gasteiger partial charge in [-0.05, 0) is 69.3 Å². The lowest BCUT2D eigenvalue weighted by Crippen LogP contribution is -2.50. The maximum absolute atomic E-state index is 12.2. The minimum atomic E-state index is -0.208. The summed E-state index contributed by atoms with van der Waals surface area (Å²) in [7, 11) is 0. The predicted octanol–water partition coefficient (Wildman–Crippen LogP) is 3.95. The van der Waals surface area contributed by atoms with Crippen LogP contribution in [0.4, 0.5) is 0 Å². The van der Waals surface area contributed by atoms with Gasteiger partial charge in [0.05, 0.1) is 0 Å². The highest BCUT2D eigenvalue weighted by molar-refractivity contribution is 5.91. The topological polar surface area (TPSA) is 52.6 Å². The highest BCUT2D eigenvalue weighted by Gasteiger charge is 2.53. The van der Waals surface area contributed by atoms with Gasteiger partial charge in [0, 0.05) is 11.1 Å². The molecule has 2 saturated carbocycles. The van der Waals surface area contributed by atoms with Gasteiger partial charge in [-0.25, -0.2) is 9.59 Å². The molecule has 132 valence electrons. The van der Waals surface area contributed by atoms with Gasteiger partial charge in [-0.15, -0.1) is 0 Å². The van der Waals surface area contributed by atoms with Gasteiger partial charge in [-0.3, -0.25) is 0 Å². The summed E-state index contributed by atoms with van der Waals surface area (Å²) in [6, 6.07) is 0. The molecule has 0 amide bonds. The molecular weight excluding hydrogens is 304 g/mol. The Kier molecular flexibility index (Phi) is 4.35. The summed E-state index contributed by atoms with van der Waals surface area (Å²) in [4.78, 5) is 24.1. The Morgan fingerprint density at radius 1 is 1.38 bits per heavy atom. The van der Waals surface area contributed by atoms with E-state index in [1.54, 1.807) is 13.0 Å². The summed E-state index contributed by atoms with van der Waals surface area (Å²) in [5, 5.41) is 0. The molecule has 0 aromatic heterocycles. The molecule has 2 aliphatic carbocycles. The van der Waals surface area contributed by atoms with Crippen LogP contribution in [0.2, 0.25) is 0 Å². The van der Waals surface area contributed by atoms with Crippen molar-refractivity contribution in [2.24, 2.45) is 17.3 Å². The second-order valence-electron chi connectivity index (χ2n) is 7.94. The van der Waals surface area contributed by atoms with Crippen molar-refractivity contribution in [3.63, 3.8) is 0 Å². The number of fused-ring (bicyclic) bond motifs is 2. The third-order valence-corrected chi connectivity index (χ3v) is 6.84. The second kappa shape index (κ2) is 6.05. The molecule has 0 saturated heterocycles. The smallest absolute Gasteiger partial charge is 0.334 e. The molecule has 5 atom stereocenters. The van der Waals surface area contributed by atoms with Gasteiger partial charge >= 0.3 is 11.9 Å². The van der Waals surface area contributed by atoms with Crippen molar-refractivity contribution in [1.82, 2.24) is 0 Å². The molecule has 0 radical (unpaired) electrons. The number of hydrogen-bond acceptors (Lipinski definition) is 4. The van der Waals surface area contributed by atoms with Crippen LogP contribution in [0.1, 0.15) is 60.3 Å². The molecule has 4 nitrogen and oxygen atoms in total. The van der Waals surface area contributed by atoms with Crippen molar-refractivity contribution >= 4 is 11.9 Å². The van der Waals surface area contributed by atoms with Crippen LogP contribution >= 0.6 is 0 Å². The third kappa shape index (κ3) is 2.60. The Labute approximate surface area is 144 Å². The molecule has 1 heterocycles. The van der Waals surface area contributed by atoms with Crippen LogP contribution in [0.25, 0.3) is 0 Å². The van der Waals surface area contributed by atoms with Crippen molar-refractivity contribution in [3.05, 3.63) is 22.8 Å². The van der Waals surface area contributed by atoms with E-state index in [1.165, 1.54) is 5.57 Å². The predicted molar refractivity (Wildman–Crippen MR) is 91.1 cm³/mol. The molecule has 1 aliphatic heterocycles. The van der Waals surface area contributed by atoms with E-state index in [2.05, 4.69) is 13.8 Å². The molecule has 0 bridgehead atoms. The van der Waals surface area contributed by atoms with E-state index in [-0.39, 0.29) is 35.5 Å². The zero-order chi connectivity index (χ0) is 17.6. The van der Waals surface area contributed by atoms with E-state index in [0.717, 1.165) is 31.3 Å². The first-order chi connectivity index (χ1) is 11.3. The van der Waals surface area contributed by atoms with E-state index in [1.807, 2.05) is 13.8 Å². The number of hydrogen-bond donors (Lipinski definition) is 0. The SMILES string of the molecule is C/C=C(/C)C(=O)O[C@@H]1CC[C@@H]2C[C@H]3OC(=O)C(C)=C3C[C@]2(C)[C@H]1C. The van der Waals surface area contributed by atoms with Gasteiger partial charge in [0.15, 0.2) is 0 Å². The molecule has 2 fully saturated rings. The van der Waals surface area contributed by atoms with Crippen molar-refractivity contribution in [2.75, 3.05) is 0 Å². The van der Waals surface area contributed by atoms with E-state index in [4.69, 9.17) is 9.47 Å². The van der Waals surface area contributed by atoms with Crippen LogP contribution in [0.15, 0.2) is 22.8 Å². The number of allylic oxidation sites excluding steroid dienone is 1. The molecule has 0 N–H and O–H groups in total. The van der Waals surface area contributed by atoms with Crippen LogP contribution < -0.4 is 0 Å². The highest BCUT2D eigenvalue weighted by Crippen LogP contribution is 2.57. The van der Waals surface area contributed by atoms with Crippen molar-refractivity contribution in [1.29, 1.82) is 0 Å². The monoisotopic (exact) mass is 332 g/mol. The normalized spacial score (nSPS) is 39.2. The summed E-state index contributed by atoms with van der Waals surface area (Å²) in [6.07, 6.45) is 5.42. The summed E-state index contributed by atoms with van der Waals surface area (Å²) >= 11 is 0. The fourth-order valence-corrected chi connectivity index (χ4v) is 4.71. The molecule has 3 aliphatic rings. The van der Waals surface area contributed by atoms with Gasteiger partial charge in [-0.2, -0.15) is 0 Å². The van der Waals surface area contributed by atoms with Crippen molar-refractivity contribution < 1.29 is 19.1 Å². The van der Waals surface area contributed by atoms with E-state index in [9.17, 15) is 9.59 Å². The molecule has 24 heavy (non-hydrogen) atoms. The summed E-state index contributed by atoms with van der Waals surface area (Å²) in [5.41, 5.74) is 2.66. The summed E-state index contributed by atoms with van der Waals surface area (Å²) < 4.78 is 11.3. The first-order valence-corrected chi connectivity index (χ1v) is 9.02. The van der Waals surface area contributed by atoms with Gasteiger partial charge < -0.3 is 9.47 Å². The second-order valence-corrected chi connectivity index (χ2v) is 7.94. The lowest BCUT2D eigenvalue weighted by atomic mass is 9.53. The average Bonchev–Trinajstić information content (AvgIpc) is 2.82. The quantitative estimate of drug-likeness (QED) is 0.567. The van der Waals surface area contributed by atoms with Gasteiger partial charge in [-0.1, -0.05) is 19.9 Å². The number of rotatable bonds is 2. The number of carbonyl (C=O) groups is 2. The fourth-order valence-electron chi connectivity index (χ4n) is 4.71. The van der Waals surface area contributed by atoms with Crippen molar-refractivity contribution in [2.45, 2.75) is 72.5 Å². The lowest BCUT2D eigenvalue weighted by Gasteiger charge is -2.53. The molecule has 4 heteroatoms. The lowest BCUT2D eigenvalue weighted by molar-refractivity contribution is -0.160. The number of ether oxygens (including phenoxy) is 2. The Morgan fingerprint density at radius 2 is 2.08 bits per heavy atom. The van der Waals surface area contributed by atoms with Crippen LogP contribution in [-0.4, -0.2) is 24.1 Å². The fraction of sp³-hybridized carbons (Fsp3) is 0.700. The molecule has 0 spiro atoms. The summed E-state index contributed by atoms with van der Waals surface area (Å²) in [6.45, 7) is 10.0. The first-order valence-electron chi connectivity index (χ1n) is 9.02. The summed E-state index contributed by atoms with van der Waals surface area (Å²) in [5.74, 6) is 0.413. The van der Waals surface area contributed by atoms with E-state index < -0.39 is 0 Å². The Hall–Kier alpha value is -1.58. The molecule has 0 aromatic rings.